The van der Waals surface area contributed by atoms with E-state index in [1.165, 1.54) is 17.5 Å². The summed E-state index contributed by atoms with van der Waals surface area (Å²) >= 11 is 0. The first-order chi connectivity index (χ1) is 10.6. The van der Waals surface area contributed by atoms with Gasteiger partial charge in [-0.3, -0.25) is 0 Å². The molecule has 1 aliphatic heterocycles. The summed E-state index contributed by atoms with van der Waals surface area (Å²) < 4.78 is 32.1. The third kappa shape index (κ3) is 2.81. The maximum absolute atomic E-state index is 12.8. The van der Waals surface area contributed by atoms with Gasteiger partial charge in [0.15, 0.2) is 5.82 Å². The van der Waals surface area contributed by atoms with Gasteiger partial charge in [0.25, 0.3) is 0 Å². The number of sulfonamides is 1. The standard InChI is InChI=1S/C13H17N5O3S/c1-21-11-5-2-6-12(8-11)22(19,20)18-7-3-4-10(9-18)13-14-16-17-15-13/h2,5-6,8,10H,3-4,7,9H2,1H3,(H,14,15,16,17). The number of benzene rings is 1. The molecule has 0 radical (unpaired) electrons. The Morgan fingerprint density at radius 3 is 3.00 bits per heavy atom. The van der Waals surface area contributed by atoms with Crippen LogP contribution in [0.5, 0.6) is 5.75 Å². The minimum atomic E-state index is -3.55. The van der Waals surface area contributed by atoms with Gasteiger partial charge < -0.3 is 4.74 Å². The lowest BCUT2D eigenvalue weighted by atomic mass is 9.99. The second-order valence-corrected chi connectivity index (χ2v) is 7.09. The Morgan fingerprint density at radius 2 is 2.27 bits per heavy atom. The largest absolute Gasteiger partial charge is 0.497 e. The van der Waals surface area contributed by atoms with E-state index in [0.29, 0.717) is 24.7 Å². The van der Waals surface area contributed by atoms with Crippen LogP contribution in [-0.4, -0.2) is 53.5 Å². The highest BCUT2D eigenvalue weighted by Crippen LogP contribution is 2.29. The molecule has 1 unspecified atom stereocenters. The lowest BCUT2D eigenvalue weighted by Gasteiger charge is -2.30. The third-order valence-corrected chi connectivity index (χ3v) is 5.65. The summed E-state index contributed by atoms with van der Waals surface area (Å²) in [5.74, 6) is 1.05. The number of aromatic amines is 1. The Bertz CT molecular complexity index is 732. The van der Waals surface area contributed by atoms with Gasteiger partial charge in [-0.2, -0.15) is 9.52 Å². The summed E-state index contributed by atoms with van der Waals surface area (Å²) in [6, 6.07) is 6.51. The number of nitrogens with one attached hydrogen (secondary N) is 1. The SMILES string of the molecule is COc1cccc(S(=O)(=O)N2CCCC(c3nn[nH]n3)C2)c1. The van der Waals surface area contributed by atoms with Gasteiger partial charge in [0, 0.05) is 25.1 Å². The Balaban J connectivity index is 1.85. The van der Waals surface area contributed by atoms with E-state index in [1.54, 1.807) is 18.2 Å². The molecule has 0 aliphatic carbocycles. The van der Waals surface area contributed by atoms with Crippen LogP contribution in [-0.2, 0) is 10.0 Å². The molecule has 118 valence electrons. The van der Waals surface area contributed by atoms with Crippen LogP contribution in [0.2, 0.25) is 0 Å². The van der Waals surface area contributed by atoms with E-state index in [1.807, 2.05) is 0 Å². The van der Waals surface area contributed by atoms with E-state index in [0.717, 1.165) is 12.8 Å². The van der Waals surface area contributed by atoms with Crippen LogP contribution < -0.4 is 4.74 Å². The van der Waals surface area contributed by atoms with Gasteiger partial charge in [-0.1, -0.05) is 11.3 Å². The number of aromatic nitrogens is 4. The summed E-state index contributed by atoms with van der Waals surface area (Å²) in [6.45, 7) is 0.854. The Kier molecular flexibility index (Phi) is 4.08. The normalized spacial score (nSPS) is 20.0. The molecule has 1 aliphatic rings. The lowest BCUT2D eigenvalue weighted by molar-refractivity contribution is 0.309. The molecule has 1 fully saturated rings. The highest BCUT2D eigenvalue weighted by molar-refractivity contribution is 7.89. The molecule has 1 aromatic carbocycles. The van der Waals surface area contributed by atoms with E-state index in [2.05, 4.69) is 20.6 Å². The van der Waals surface area contributed by atoms with Crippen LogP contribution in [0, 0.1) is 0 Å². The zero-order valence-corrected chi connectivity index (χ0v) is 13.0. The minimum absolute atomic E-state index is 0.0344. The van der Waals surface area contributed by atoms with Crippen LogP contribution in [0.15, 0.2) is 29.2 Å². The number of H-pyrrole nitrogens is 1. The van der Waals surface area contributed by atoms with Crippen molar-refractivity contribution in [2.75, 3.05) is 20.2 Å². The van der Waals surface area contributed by atoms with Crippen LogP contribution in [0.25, 0.3) is 0 Å². The molecule has 0 spiro atoms. The quantitative estimate of drug-likeness (QED) is 0.892. The summed E-state index contributed by atoms with van der Waals surface area (Å²) in [5, 5.41) is 13.9. The number of tetrazole rings is 1. The van der Waals surface area contributed by atoms with Gasteiger partial charge in [-0.15, -0.1) is 10.2 Å². The van der Waals surface area contributed by atoms with Gasteiger partial charge in [-0.05, 0) is 25.0 Å². The molecule has 8 nitrogen and oxygen atoms in total. The zero-order chi connectivity index (χ0) is 15.6. The molecule has 2 aromatic rings. The third-order valence-electron chi connectivity index (χ3n) is 3.79. The molecule has 0 saturated carbocycles. The van der Waals surface area contributed by atoms with Crippen LogP contribution in [0.3, 0.4) is 0 Å². The highest BCUT2D eigenvalue weighted by Gasteiger charge is 2.32. The number of rotatable bonds is 4. The second-order valence-electron chi connectivity index (χ2n) is 5.15. The molecule has 9 heteroatoms. The van der Waals surface area contributed by atoms with Crippen molar-refractivity contribution in [1.82, 2.24) is 24.9 Å². The fraction of sp³-hybridized carbons (Fsp3) is 0.462. The van der Waals surface area contributed by atoms with E-state index in [4.69, 9.17) is 4.74 Å². The van der Waals surface area contributed by atoms with Gasteiger partial charge in [0.2, 0.25) is 10.0 Å². The van der Waals surface area contributed by atoms with Crippen LogP contribution in [0.1, 0.15) is 24.6 Å². The Hall–Kier alpha value is -2.00. The predicted molar refractivity (Wildman–Crippen MR) is 77.9 cm³/mol. The molecular formula is C13H17N5O3S. The zero-order valence-electron chi connectivity index (χ0n) is 12.1. The molecule has 1 atom stereocenters. The van der Waals surface area contributed by atoms with Gasteiger partial charge in [0.05, 0.1) is 12.0 Å². The minimum Gasteiger partial charge on any atom is -0.497 e. The Morgan fingerprint density at radius 1 is 1.41 bits per heavy atom. The van der Waals surface area contributed by atoms with Gasteiger partial charge >= 0.3 is 0 Å². The van der Waals surface area contributed by atoms with Crippen molar-refractivity contribution in [3.63, 3.8) is 0 Å². The van der Waals surface area contributed by atoms with Crippen molar-refractivity contribution in [1.29, 1.82) is 0 Å². The van der Waals surface area contributed by atoms with Gasteiger partial charge in [-0.25, -0.2) is 8.42 Å². The first-order valence-corrected chi connectivity index (χ1v) is 8.43. The number of piperidine rings is 1. The number of ether oxygens (including phenoxy) is 1. The lowest BCUT2D eigenvalue weighted by Crippen LogP contribution is -2.39. The van der Waals surface area contributed by atoms with Crippen LogP contribution >= 0.6 is 0 Å². The monoisotopic (exact) mass is 323 g/mol. The molecule has 22 heavy (non-hydrogen) atoms. The number of methoxy groups -OCH3 is 1. The van der Waals surface area contributed by atoms with Gasteiger partial charge in [0.1, 0.15) is 5.75 Å². The van der Waals surface area contributed by atoms with E-state index in [-0.39, 0.29) is 10.8 Å². The maximum Gasteiger partial charge on any atom is 0.243 e. The average molecular weight is 323 g/mol. The summed E-state index contributed by atoms with van der Waals surface area (Å²) in [5.41, 5.74) is 0. The highest BCUT2D eigenvalue weighted by atomic mass is 32.2. The van der Waals surface area contributed by atoms with E-state index >= 15 is 0 Å². The summed E-state index contributed by atoms with van der Waals surface area (Å²) in [4.78, 5) is 0.237. The van der Waals surface area contributed by atoms with Crippen molar-refractivity contribution in [3.05, 3.63) is 30.1 Å². The maximum atomic E-state index is 12.8. The molecule has 1 N–H and O–H groups in total. The van der Waals surface area contributed by atoms with Crippen molar-refractivity contribution >= 4 is 10.0 Å². The number of nitrogens with zero attached hydrogens (tertiary/aromatic N) is 4. The molecule has 2 heterocycles. The van der Waals surface area contributed by atoms with Crippen molar-refractivity contribution in [3.8, 4) is 5.75 Å². The first-order valence-electron chi connectivity index (χ1n) is 6.99. The average Bonchev–Trinajstić information content (AvgIpc) is 3.09. The first kappa shape index (κ1) is 14.9. The topological polar surface area (TPSA) is 101 Å². The summed E-state index contributed by atoms with van der Waals surface area (Å²) in [6.07, 6.45) is 1.62. The predicted octanol–water partition coefficient (Wildman–Crippen LogP) is 0.777. The Labute approximate surface area is 128 Å². The molecule has 0 amide bonds. The number of hydrogen-bond acceptors (Lipinski definition) is 6. The molecule has 0 bridgehead atoms. The second kappa shape index (κ2) is 6.01. The fourth-order valence-corrected chi connectivity index (χ4v) is 4.18. The van der Waals surface area contributed by atoms with Crippen molar-refractivity contribution in [2.45, 2.75) is 23.7 Å². The van der Waals surface area contributed by atoms with Crippen molar-refractivity contribution in [2.24, 2.45) is 0 Å². The van der Waals surface area contributed by atoms with E-state index < -0.39 is 10.0 Å². The van der Waals surface area contributed by atoms with E-state index in [9.17, 15) is 8.42 Å². The molecule has 3 rings (SSSR count). The summed E-state index contributed by atoms with van der Waals surface area (Å²) in [7, 11) is -2.04. The van der Waals surface area contributed by atoms with Crippen LogP contribution in [0.4, 0.5) is 0 Å². The van der Waals surface area contributed by atoms with Crippen molar-refractivity contribution < 1.29 is 13.2 Å². The molecule has 1 aromatic heterocycles. The molecular weight excluding hydrogens is 306 g/mol. The molecule has 1 saturated heterocycles. The smallest absolute Gasteiger partial charge is 0.243 e. The number of hydrogen-bond donors (Lipinski definition) is 1. The fourth-order valence-electron chi connectivity index (χ4n) is 2.62.